The van der Waals surface area contributed by atoms with Crippen LogP contribution in [-0.4, -0.2) is 6.54 Å². The van der Waals surface area contributed by atoms with E-state index in [0.29, 0.717) is 5.41 Å². The van der Waals surface area contributed by atoms with Crippen LogP contribution >= 0.6 is 0 Å². The first-order chi connectivity index (χ1) is 4.69. The Morgan fingerprint density at radius 3 is 2.60 bits per heavy atom. The minimum atomic E-state index is 0.457. The number of nitrogens with two attached hydrogens (primary N) is 1. The van der Waals surface area contributed by atoms with Crippen molar-refractivity contribution >= 4 is 0 Å². The summed E-state index contributed by atoms with van der Waals surface area (Å²) in [4.78, 5) is 0. The van der Waals surface area contributed by atoms with Gasteiger partial charge in [0.25, 0.3) is 0 Å². The zero-order valence-corrected chi connectivity index (χ0v) is 7.19. The van der Waals surface area contributed by atoms with E-state index < -0.39 is 0 Å². The van der Waals surface area contributed by atoms with Gasteiger partial charge in [-0.05, 0) is 24.3 Å². The van der Waals surface area contributed by atoms with E-state index in [9.17, 15) is 0 Å². The van der Waals surface area contributed by atoms with E-state index in [1.54, 1.807) is 0 Å². The van der Waals surface area contributed by atoms with Crippen molar-refractivity contribution in [1.29, 1.82) is 0 Å². The van der Waals surface area contributed by atoms with Crippen LogP contribution in [0.3, 0.4) is 0 Å². The van der Waals surface area contributed by atoms with Crippen LogP contribution in [0.1, 0.15) is 39.5 Å². The molecule has 0 aromatic carbocycles. The summed E-state index contributed by atoms with van der Waals surface area (Å²) in [6.45, 7) is 5.54. The maximum atomic E-state index is 5.73. The molecule has 0 saturated heterocycles. The molecule has 0 spiro atoms. The first kappa shape index (κ1) is 8.06. The van der Waals surface area contributed by atoms with Gasteiger partial charge in [-0.25, -0.2) is 0 Å². The summed E-state index contributed by atoms with van der Waals surface area (Å²) in [7, 11) is 0. The Kier molecular flexibility index (Phi) is 2.35. The second-order valence-electron chi connectivity index (χ2n) is 4.00. The van der Waals surface area contributed by atoms with Crippen LogP contribution < -0.4 is 5.73 Å². The fourth-order valence-corrected chi connectivity index (χ4v) is 1.88. The molecule has 2 N–H and O–H groups in total. The predicted octanol–water partition coefficient (Wildman–Crippen LogP) is 2.16. The van der Waals surface area contributed by atoms with Crippen LogP contribution in [-0.2, 0) is 0 Å². The van der Waals surface area contributed by atoms with Gasteiger partial charge in [-0.15, -0.1) is 0 Å². The van der Waals surface area contributed by atoms with Crippen molar-refractivity contribution in [3.8, 4) is 0 Å². The highest BCUT2D eigenvalue weighted by Gasteiger charge is 2.31. The molecule has 60 valence electrons. The monoisotopic (exact) mass is 141 g/mol. The Bertz CT molecular complexity index is 111. The van der Waals surface area contributed by atoms with E-state index in [1.165, 1.54) is 25.7 Å². The molecule has 2 atom stereocenters. The molecule has 1 saturated carbocycles. The third kappa shape index (κ3) is 1.34. The standard InChI is InChI=1S/C9H19N/c1-8-5-3-4-6-9(8,2)7-10/h8H,3-7,10H2,1-2H3/t8-,9-/m0/s1. The van der Waals surface area contributed by atoms with Gasteiger partial charge in [-0.2, -0.15) is 0 Å². The molecular weight excluding hydrogens is 122 g/mol. The van der Waals surface area contributed by atoms with Gasteiger partial charge >= 0.3 is 0 Å². The molecule has 0 aliphatic heterocycles. The topological polar surface area (TPSA) is 26.0 Å². The highest BCUT2D eigenvalue weighted by atomic mass is 14.6. The lowest BCUT2D eigenvalue weighted by Gasteiger charge is -2.38. The van der Waals surface area contributed by atoms with Gasteiger partial charge in [-0.3, -0.25) is 0 Å². The molecule has 1 nitrogen and oxygen atoms in total. The Hall–Kier alpha value is -0.0400. The number of hydrogen-bond acceptors (Lipinski definition) is 1. The summed E-state index contributed by atoms with van der Waals surface area (Å²) in [6.07, 6.45) is 5.52. The normalized spacial score (nSPS) is 41.7. The summed E-state index contributed by atoms with van der Waals surface area (Å²) in [6, 6.07) is 0. The van der Waals surface area contributed by atoms with Crippen molar-refractivity contribution in [2.75, 3.05) is 6.54 Å². The Labute approximate surface area is 64.0 Å². The molecule has 0 radical (unpaired) electrons. The molecule has 0 heterocycles. The summed E-state index contributed by atoms with van der Waals surface area (Å²) in [5, 5.41) is 0. The van der Waals surface area contributed by atoms with Crippen LogP contribution in [0.15, 0.2) is 0 Å². The largest absolute Gasteiger partial charge is 0.330 e. The smallest absolute Gasteiger partial charge is 0.00206 e. The number of hydrogen-bond donors (Lipinski definition) is 1. The molecule has 1 aliphatic carbocycles. The summed E-state index contributed by atoms with van der Waals surface area (Å²) < 4.78 is 0. The second-order valence-corrected chi connectivity index (χ2v) is 4.00. The summed E-state index contributed by atoms with van der Waals surface area (Å²) in [5.41, 5.74) is 6.18. The maximum Gasteiger partial charge on any atom is -0.00206 e. The van der Waals surface area contributed by atoms with E-state index in [2.05, 4.69) is 13.8 Å². The van der Waals surface area contributed by atoms with Gasteiger partial charge in [0.1, 0.15) is 0 Å². The summed E-state index contributed by atoms with van der Waals surface area (Å²) in [5.74, 6) is 0.839. The zero-order valence-electron chi connectivity index (χ0n) is 7.19. The highest BCUT2D eigenvalue weighted by Crippen LogP contribution is 2.39. The molecule has 1 rings (SSSR count). The Morgan fingerprint density at radius 2 is 2.20 bits per heavy atom. The van der Waals surface area contributed by atoms with Crippen molar-refractivity contribution in [3.05, 3.63) is 0 Å². The SMILES string of the molecule is C[C@H]1CCCC[C@@]1(C)CN. The Morgan fingerprint density at radius 1 is 1.50 bits per heavy atom. The van der Waals surface area contributed by atoms with Crippen molar-refractivity contribution in [1.82, 2.24) is 0 Å². The summed E-state index contributed by atoms with van der Waals surface area (Å²) >= 11 is 0. The molecule has 0 bridgehead atoms. The van der Waals surface area contributed by atoms with Gasteiger partial charge in [0.15, 0.2) is 0 Å². The highest BCUT2D eigenvalue weighted by molar-refractivity contribution is 4.84. The molecule has 0 aromatic heterocycles. The Balaban J connectivity index is 2.54. The molecular formula is C9H19N. The molecule has 0 aromatic rings. The van der Waals surface area contributed by atoms with E-state index >= 15 is 0 Å². The molecule has 0 unspecified atom stereocenters. The maximum absolute atomic E-state index is 5.73. The van der Waals surface area contributed by atoms with Gasteiger partial charge in [0.05, 0.1) is 0 Å². The van der Waals surface area contributed by atoms with Crippen molar-refractivity contribution in [2.45, 2.75) is 39.5 Å². The third-order valence-electron chi connectivity index (χ3n) is 3.29. The molecule has 1 aliphatic rings. The average Bonchev–Trinajstić information content (AvgIpc) is 1.96. The molecule has 0 amide bonds. The van der Waals surface area contributed by atoms with E-state index in [-0.39, 0.29) is 0 Å². The lowest BCUT2D eigenvalue weighted by molar-refractivity contribution is 0.140. The van der Waals surface area contributed by atoms with Crippen molar-refractivity contribution in [2.24, 2.45) is 17.1 Å². The molecule has 10 heavy (non-hydrogen) atoms. The van der Waals surface area contributed by atoms with Crippen LogP contribution in [0.2, 0.25) is 0 Å². The van der Waals surface area contributed by atoms with E-state index in [4.69, 9.17) is 5.73 Å². The zero-order chi connectivity index (χ0) is 7.61. The minimum Gasteiger partial charge on any atom is -0.330 e. The second kappa shape index (κ2) is 2.91. The average molecular weight is 141 g/mol. The van der Waals surface area contributed by atoms with Gasteiger partial charge < -0.3 is 5.73 Å². The quantitative estimate of drug-likeness (QED) is 0.595. The van der Waals surface area contributed by atoms with E-state index in [0.717, 1.165) is 12.5 Å². The predicted molar refractivity (Wildman–Crippen MR) is 44.8 cm³/mol. The lowest BCUT2D eigenvalue weighted by atomic mass is 9.68. The number of rotatable bonds is 1. The van der Waals surface area contributed by atoms with Crippen molar-refractivity contribution in [3.63, 3.8) is 0 Å². The minimum absolute atomic E-state index is 0.457. The van der Waals surface area contributed by atoms with Gasteiger partial charge in [0, 0.05) is 0 Å². The van der Waals surface area contributed by atoms with Crippen LogP contribution in [0.5, 0.6) is 0 Å². The van der Waals surface area contributed by atoms with Crippen LogP contribution in [0, 0.1) is 11.3 Å². The van der Waals surface area contributed by atoms with E-state index in [1.807, 2.05) is 0 Å². The molecule has 1 heteroatoms. The van der Waals surface area contributed by atoms with Crippen LogP contribution in [0.4, 0.5) is 0 Å². The fourth-order valence-electron chi connectivity index (χ4n) is 1.88. The van der Waals surface area contributed by atoms with Gasteiger partial charge in [-0.1, -0.05) is 33.1 Å². The lowest BCUT2D eigenvalue weighted by Crippen LogP contribution is -2.36. The fraction of sp³-hybridized carbons (Fsp3) is 1.00. The first-order valence-corrected chi connectivity index (χ1v) is 4.39. The van der Waals surface area contributed by atoms with Crippen LogP contribution in [0.25, 0.3) is 0 Å². The van der Waals surface area contributed by atoms with Gasteiger partial charge in [0.2, 0.25) is 0 Å². The third-order valence-corrected chi connectivity index (χ3v) is 3.29. The first-order valence-electron chi connectivity index (χ1n) is 4.39. The van der Waals surface area contributed by atoms with Crippen molar-refractivity contribution < 1.29 is 0 Å². The molecule has 1 fully saturated rings.